The molecule has 3 N–H and O–H groups in total. The maximum Gasteiger partial charge on any atom is 0.472 e. The van der Waals surface area contributed by atoms with Gasteiger partial charge in [0.15, 0.2) is 12.2 Å². The van der Waals surface area contributed by atoms with Crippen LogP contribution in [0.25, 0.3) is 0 Å². The topological polar surface area (TPSA) is 237 Å². The number of esters is 4. The fourth-order valence-electron chi connectivity index (χ4n) is 13.9. The lowest BCUT2D eigenvalue weighted by atomic mass is 10.0. The van der Waals surface area contributed by atoms with Crippen molar-refractivity contribution >= 4 is 39.5 Å². The fraction of sp³-hybridized carbons (Fsp3) is 0.955. The molecule has 0 spiro atoms. The number of carbonyl (C=O) groups is 4. The van der Waals surface area contributed by atoms with Crippen LogP contribution in [0.1, 0.15) is 484 Å². The summed E-state index contributed by atoms with van der Waals surface area (Å²) in [5, 5.41) is 10.7. The third kappa shape index (κ3) is 81.9. The van der Waals surface area contributed by atoms with Crippen LogP contribution in [0.15, 0.2) is 0 Å². The smallest absolute Gasteiger partial charge is 0.462 e. The second-order valence-corrected chi connectivity index (χ2v) is 34.5. The number of hydrogen-bond donors (Lipinski definition) is 3. The first-order valence-electron chi connectivity index (χ1n) is 45.8. The summed E-state index contributed by atoms with van der Waals surface area (Å²) in [4.78, 5) is 73.3. The van der Waals surface area contributed by atoms with Crippen molar-refractivity contribution in [3.63, 3.8) is 0 Å². The summed E-state index contributed by atoms with van der Waals surface area (Å²) < 4.78 is 69.0. The van der Waals surface area contributed by atoms with Gasteiger partial charge in [0, 0.05) is 25.7 Å². The van der Waals surface area contributed by atoms with E-state index in [0.717, 1.165) is 89.9 Å². The Kier molecular flexibility index (Phi) is 80.6. The molecule has 0 heterocycles. The number of aliphatic hydroxyl groups is 1. The second kappa shape index (κ2) is 82.1. The zero-order valence-corrected chi connectivity index (χ0v) is 71.9. The minimum atomic E-state index is -4.97. The molecule has 0 aromatic carbocycles. The molecule has 19 heteroatoms. The van der Waals surface area contributed by atoms with Crippen molar-refractivity contribution in [2.45, 2.75) is 502 Å². The molecule has 107 heavy (non-hydrogen) atoms. The average Bonchev–Trinajstić information content (AvgIpc) is 0.901. The van der Waals surface area contributed by atoms with E-state index < -0.39 is 97.5 Å². The molecule has 0 aliphatic rings. The predicted molar refractivity (Wildman–Crippen MR) is 442 cm³/mol. The van der Waals surface area contributed by atoms with Gasteiger partial charge in [-0.2, -0.15) is 0 Å². The molecule has 2 unspecified atom stereocenters. The normalized spacial score (nSPS) is 13.7. The maximum absolute atomic E-state index is 13.2. The van der Waals surface area contributed by atoms with Crippen molar-refractivity contribution in [2.24, 2.45) is 0 Å². The lowest BCUT2D eigenvalue weighted by Gasteiger charge is -2.21. The SMILES string of the molecule is CCCCCCCCCCCCCCCCCCCCCCCCC(=O)O[C@H](COC(=O)CCCCCCCCCCCCCCCCCCCCC)COP(=O)(O)OC[C@@H](O)COP(=O)(O)OC[C@@H](COC(=O)CCCCCCCCCCCCCCC)OC(=O)CCCCCCCCCCCCCCC. The quantitative estimate of drug-likeness (QED) is 0.0222. The molecule has 0 rings (SSSR count). The summed E-state index contributed by atoms with van der Waals surface area (Å²) in [6.45, 7) is 5.07. The maximum atomic E-state index is 13.2. The van der Waals surface area contributed by atoms with Gasteiger partial charge in [0.05, 0.1) is 26.4 Å². The Morgan fingerprint density at radius 1 is 0.224 bits per heavy atom. The van der Waals surface area contributed by atoms with Crippen LogP contribution in [-0.4, -0.2) is 96.7 Å². The molecule has 0 radical (unpaired) electrons. The van der Waals surface area contributed by atoms with Gasteiger partial charge < -0.3 is 33.8 Å². The Bertz CT molecular complexity index is 2020. The molecule has 636 valence electrons. The van der Waals surface area contributed by atoms with Crippen LogP contribution in [0.3, 0.4) is 0 Å². The summed E-state index contributed by atoms with van der Waals surface area (Å²) >= 11 is 0. The van der Waals surface area contributed by atoms with E-state index >= 15 is 0 Å². The van der Waals surface area contributed by atoms with E-state index in [2.05, 4.69) is 27.7 Å². The van der Waals surface area contributed by atoms with E-state index in [1.807, 2.05) is 0 Å². The molecule has 17 nitrogen and oxygen atoms in total. The van der Waals surface area contributed by atoms with Gasteiger partial charge in [-0.1, -0.05) is 432 Å². The molecule has 0 bridgehead atoms. The summed E-state index contributed by atoms with van der Waals surface area (Å²) in [5.41, 5.74) is 0. The molecule has 0 fully saturated rings. The van der Waals surface area contributed by atoms with E-state index in [1.165, 1.54) is 315 Å². The Morgan fingerprint density at radius 3 is 0.551 bits per heavy atom. The summed E-state index contributed by atoms with van der Waals surface area (Å²) in [6.07, 6.45) is 77.8. The van der Waals surface area contributed by atoms with E-state index in [1.54, 1.807) is 0 Å². The molecule has 0 amide bonds. The lowest BCUT2D eigenvalue weighted by molar-refractivity contribution is -0.161. The molecular weight excluding hydrogens is 1390 g/mol. The van der Waals surface area contributed by atoms with Crippen LogP contribution in [0, 0.1) is 0 Å². The molecule has 0 saturated carbocycles. The van der Waals surface area contributed by atoms with Gasteiger partial charge in [0.2, 0.25) is 0 Å². The largest absolute Gasteiger partial charge is 0.472 e. The van der Waals surface area contributed by atoms with E-state index in [4.69, 9.17) is 37.0 Å². The molecule has 0 aromatic rings. The number of hydrogen-bond acceptors (Lipinski definition) is 15. The third-order valence-corrected chi connectivity index (χ3v) is 22.8. The van der Waals surface area contributed by atoms with Gasteiger partial charge in [0.1, 0.15) is 19.3 Å². The highest BCUT2D eigenvalue weighted by molar-refractivity contribution is 7.47. The minimum absolute atomic E-state index is 0.109. The highest BCUT2D eigenvalue weighted by Crippen LogP contribution is 2.45. The average molecular weight is 1560 g/mol. The van der Waals surface area contributed by atoms with Crippen LogP contribution in [0.4, 0.5) is 0 Å². The van der Waals surface area contributed by atoms with E-state index in [0.29, 0.717) is 25.7 Å². The van der Waals surface area contributed by atoms with Crippen LogP contribution >= 0.6 is 15.6 Å². The third-order valence-electron chi connectivity index (χ3n) is 20.9. The molecule has 0 aliphatic heterocycles. The highest BCUT2D eigenvalue weighted by Gasteiger charge is 2.30. The zero-order chi connectivity index (χ0) is 78.1. The van der Waals surface area contributed by atoms with Gasteiger partial charge in [-0.05, 0) is 25.7 Å². The number of rotatable bonds is 89. The van der Waals surface area contributed by atoms with E-state index in [9.17, 15) is 43.2 Å². The number of aliphatic hydroxyl groups excluding tert-OH is 1. The number of ether oxygens (including phenoxy) is 4. The van der Waals surface area contributed by atoms with Crippen LogP contribution < -0.4 is 0 Å². The summed E-state index contributed by atoms with van der Waals surface area (Å²) in [7, 11) is -9.93. The van der Waals surface area contributed by atoms with E-state index in [-0.39, 0.29) is 25.7 Å². The highest BCUT2D eigenvalue weighted by atomic mass is 31.2. The first-order valence-corrected chi connectivity index (χ1v) is 48.8. The number of unbranched alkanes of at least 4 members (excludes halogenated alkanes) is 63. The zero-order valence-electron chi connectivity index (χ0n) is 70.1. The predicted octanol–water partition coefficient (Wildman–Crippen LogP) is 27.3. The summed E-state index contributed by atoms with van der Waals surface area (Å²) in [6, 6.07) is 0. The van der Waals surface area contributed by atoms with Crippen LogP contribution in [-0.2, 0) is 65.4 Å². The fourth-order valence-corrected chi connectivity index (χ4v) is 15.5. The number of phosphoric acid groups is 2. The van der Waals surface area contributed by atoms with Crippen molar-refractivity contribution in [3.05, 3.63) is 0 Å². The first kappa shape index (κ1) is 105. The Hall–Kier alpha value is -1.94. The van der Waals surface area contributed by atoms with Crippen LogP contribution in [0.2, 0.25) is 0 Å². The van der Waals surface area contributed by atoms with Crippen molar-refractivity contribution in [1.29, 1.82) is 0 Å². The Labute approximate surface area is 658 Å². The number of carbonyl (C=O) groups excluding carboxylic acids is 4. The van der Waals surface area contributed by atoms with Crippen molar-refractivity contribution in [3.8, 4) is 0 Å². The molecular formula is C88H172O17P2. The molecule has 0 aromatic heterocycles. The van der Waals surface area contributed by atoms with Crippen molar-refractivity contribution in [1.82, 2.24) is 0 Å². The Balaban J connectivity index is 5.23. The van der Waals surface area contributed by atoms with Gasteiger partial charge in [0.25, 0.3) is 0 Å². The van der Waals surface area contributed by atoms with Gasteiger partial charge in [-0.25, -0.2) is 9.13 Å². The molecule has 0 aliphatic carbocycles. The first-order chi connectivity index (χ1) is 52.2. The number of phosphoric ester groups is 2. The standard InChI is InChI=1S/C88H172O17P2/c1-5-9-13-17-21-25-29-33-35-37-39-40-41-43-45-47-51-55-59-63-67-71-75-88(93)105-84(79-99-86(91)73-69-65-61-57-53-50-46-44-42-38-36-34-30-26-22-18-14-10-6-2)81-103-107(96,97)101-77-82(89)76-100-106(94,95)102-80-83(104-87(92)74-70-66-62-58-54-49-32-28-24-20-16-12-8-4)78-98-85(90)72-68-64-60-56-52-48-31-27-23-19-15-11-7-3/h82-84,89H,5-81H2,1-4H3,(H,94,95)(H,96,97)/t82-,83+,84+/m0/s1. The second-order valence-electron chi connectivity index (χ2n) is 31.6. The van der Waals surface area contributed by atoms with Crippen molar-refractivity contribution < 1.29 is 80.2 Å². The van der Waals surface area contributed by atoms with Gasteiger partial charge in [-0.3, -0.25) is 37.3 Å². The molecule has 0 saturated heterocycles. The van der Waals surface area contributed by atoms with Crippen molar-refractivity contribution in [2.75, 3.05) is 39.6 Å². The van der Waals surface area contributed by atoms with Gasteiger partial charge in [-0.15, -0.1) is 0 Å². The van der Waals surface area contributed by atoms with Gasteiger partial charge >= 0.3 is 39.5 Å². The Morgan fingerprint density at radius 2 is 0.374 bits per heavy atom. The molecule has 5 atom stereocenters. The minimum Gasteiger partial charge on any atom is -0.462 e. The lowest BCUT2D eigenvalue weighted by Crippen LogP contribution is -2.30. The summed E-state index contributed by atoms with van der Waals surface area (Å²) in [5.74, 6) is -2.09. The monoisotopic (exact) mass is 1560 g/mol. The van der Waals surface area contributed by atoms with Crippen LogP contribution in [0.5, 0.6) is 0 Å².